The zero-order chi connectivity index (χ0) is 13.7. The molecule has 1 aliphatic heterocycles. The van der Waals surface area contributed by atoms with Crippen LogP contribution in [0.2, 0.25) is 0 Å². The van der Waals surface area contributed by atoms with Crippen LogP contribution in [0.3, 0.4) is 0 Å². The molecule has 1 atom stereocenters. The third kappa shape index (κ3) is 3.68. The van der Waals surface area contributed by atoms with Crippen LogP contribution in [0.25, 0.3) is 0 Å². The molecule has 0 spiro atoms. The molecule has 1 fully saturated rings. The molecule has 2 rings (SSSR count). The first kappa shape index (κ1) is 14.3. The molecule has 2 nitrogen and oxygen atoms in total. The van der Waals surface area contributed by atoms with E-state index < -0.39 is 0 Å². The summed E-state index contributed by atoms with van der Waals surface area (Å²) in [6, 6.07) is 7.47. The maximum atomic E-state index is 3.87. The number of allylic oxidation sites excluding steroid dienone is 1. The molecular formula is C17H26N2. The minimum Gasteiger partial charge on any atom is -0.314 e. The van der Waals surface area contributed by atoms with Crippen molar-refractivity contribution in [1.82, 2.24) is 10.2 Å². The van der Waals surface area contributed by atoms with Crippen LogP contribution in [-0.2, 0) is 0 Å². The molecule has 1 aromatic carbocycles. The fraction of sp³-hybridized carbons (Fsp3) is 0.529. The summed E-state index contributed by atoms with van der Waals surface area (Å²) in [7, 11) is 0. The number of piperazine rings is 1. The van der Waals surface area contributed by atoms with Crippen molar-refractivity contribution < 1.29 is 0 Å². The van der Waals surface area contributed by atoms with Gasteiger partial charge in [0.15, 0.2) is 0 Å². The normalized spacial score (nSPS) is 18.2. The highest BCUT2D eigenvalue weighted by Gasteiger charge is 2.21. The number of nitrogens with zero attached hydrogens (tertiary/aromatic N) is 1. The minimum atomic E-state index is 0.541. The molecule has 104 valence electrons. The van der Waals surface area contributed by atoms with Crippen molar-refractivity contribution in [1.29, 1.82) is 0 Å². The van der Waals surface area contributed by atoms with Gasteiger partial charge in [0.05, 0.1) is 0 Å². The second kappa shape index (κ2) is 6.88. The molecule has 0 radical (unpaired) electrons. The molecule has 0 unspecified atom stereocenters. The maximum absolute atomic E-state index is 3.87. The van der Waals surface area contributed by atoms with Gasteiger partial charge >= 0.3 is 0 Å². The lowest BCUT2D eigenvalue weighted by molar-refractivity contribution is 0.166. The van der Waals surface area contributed by atoms with E-state index >= 15 is 0 Å². The van der Waals surface area contributed by atoms with E-state index in [1.165, 1.54) is 23.1 Å². The number of nitrogens with one attached hydrogen (secondary N) is 1. The highest BCUT2D eigenvalue weighted by molar-refractivity contribution is 5.32. The predicted octanol–water partition coefficient (Wildman–Crippen LogP) is 3.22. The first-order valence-electron chi connectivity index (χ1n) is 7.35. The molecule has 1 N–H and O–H groups in total. The monoisotopic (exact) mass is 258 g/mol. The topological polar surface area (TPSA) is 15.3 Å². The molecule has 0 bridgehead atoms. The van der Waals surface area contributed by atoms with Gasteiger partial charge in [-0.15, -0.1) is 6.58 Å². The van der Waals surface area contributed by atoms with Gasteiger partial charge in [-0.3, -0.25) is 4.90 Å². The third-order valence-corrected chi connectivity index (χ3v) is 4.15. The molecular weight excluding hydrogens is 232 g/mol. The van der Waals surface area contributed by atoms with Gasteiger partial charge in [0.25, 0.3) is 0 Å². The van der Waals surface area contributed by atoms with Crippen molar-refractivity contribution in [2.45, 2.75) is 32.7 Å². The van der Waals surface area contributed by atoms with Crippen molar-refractivity contribution in [2.75, 3.05) is 26.2 Å². The number of hydrogen-bond donors (Lipinski definition) is 1. The van der Waals surface area contributed by atoms with Gasteiger partial charge in [-0.05, 0) is 43.4 Å². The quantitative estimate of drug-likeness (QED) is 0.816. The Morgan fingerprint density at radius 3 is 2.63 bits per heavy atom. The summed E-state index contributed by atoms with van der Waals surface area (Å²) in [5.74, 6) is 0. The Kier molecular flexibility index (Phi) is 5.17. The first-order chi connectivity index (χ1) is 9.22. The number of benzene rings is 1. The lowest BCUT2D eigenvalue weighted by Gasteiger charge is -2.35. The molecule has 0 aliphatic carbocycles. The van der Waals surface area contributed by atoms with Gasteiger partial charge in [-0.1, -0.05) is 24.3 Å². The van der Waals surface area contributed by atoms with E-state index in [9.17, 15) is 0 Å². The molecule has 19 heavy (non-hydrogen) atoms. The smallest absolute Gasteiger partial charge is 0.0352 e. The molecule has 0 amide bonds. The van der Waals surface area contributed by atoms with Crippen LogP contribution >= 0.6 is 0 Å². The minimum absolute atomic E-state index is 0.541. The molecule has 1 aliphatic rings. The van der Waals surface area contributed by atoms with Crippen LogP contribution in [0, 0.1) is 13.8 Å². The number of rotatable bonds is 5. The average molecular weight is 258 g/mol. The summed E-state index contributed by atoms with van der Waals surface area (Å²) in [5.41, 5.74) is 4.25. The number of aryl methyl sites for hydroxylation is 2. The largest absolute Gasteiger partial charge is 0.314 e. The van der Waals surface area contributed by atoms with E-state index in [0.29, 0.717) is 6.04 Å². The summed E-state index contributed by atoms with van der Waals surface area (Å²) in [6.45, 7) is 12.8. The lowest BCUT2D eigenvalue weighted by Crippen LogP contribution is -2.45. The van der Waals surface area contributed by atoms with Gasteiger partial charge < -0.3 is 5.32 Å². The van der Waals surface area contributed by atoms with Crippen LogP contribution in [0.15, 0.2) is 30.9 Å². The van der Waals surface area contributed by atoms with Gasteiger partial charge in [0, 0.05) is 32.2 Å². The molecule has 0 saturated carbocycles. The summed E-state index contributed by atoms with van der Waals surface area (Å²) in [6.07, 6.45) is 4.30. The van der Waals surface area contributed by atoms with Crippen LogP contribution < -0.4 is 5.32 Å². The zero-order valence-corrected chi connectivity index (χ0v) is 12.3. The highest BCUT2D eigenvalue weighted by atomic mass is 15.2. The van der Waals surface area contributed by atoms with Crippen molar-refractivity contribution in [3.05, 3.63) is 47.5 Å². The van der Waals surface area contributed by atoms with Gasteiger partial charge in [0.1, 0.15) is 0 Å². The Bertz CT molecular complexity index is 419. The van der Waals surface area contributed by atoms with E-state index in [-0.39, 0.29) is 0 Å². The summed E-state index contributed by atoms with van der Waals surface area (Å²) < 4.78 is 0. The third-order valence-electron chi connectivity index (χ3n) is 4.15. The SMILES string of the molecule is C=CCC[C@@H](c1ccc(C)c(C)c1)N1CCNCC1. The highest BCUT2D eigenvalue weighted by Crippen LogP contribution is 2.27. The Morgan fingerprint density at radius 2 is 2.00 bits per heavy atom. The molecule has 1 heterocycles. The summed E-state index contributed by atoms with van der Waals surface area (Å²) in [4.78, 5) is 2.62. The van der Waals surface area contributed by atoms with Crippen LogP contribution in [-0.4, -0.2) is 31.1 Å². The van der Waals surface area contributed by atoms with E-state index in [2.05, 4.69) is 48.8 Å². The molecule has 1 aromatic rings. The standard InChI is InChI=1S/C17H26N2/c1-4-5-6-17(19-11-9-18-10-12-19)16-8-7-14(2)15(3)13-16/h4,7-8,13,17-18H,1,5-6,9-12H2,2-3H3/t17-/m0/s1. The van der Waals surface area contributed by atoms with Gasteiger partial charge in [-0.2, -0.15) is 0 Å². The fourth-order valence-electron chi connectivity index (χ4n) is 2.80. The fourth-order valence-corrected chi connectivity index (χ4v) is 2.80. The van der Waals surface area contributed by atoms with Crippen LogP contribution in [0.5, 0.6) is 0 Å². The Labute approximate surface area is 117 Å². The Hall–Kier alpha value is -1.12. The summed E-state index contributed by atoms with van der Waals surface area (Å²) in [5, 5.41) is 3.44. The van der Waals surface area contributed by atoms with Gasteiger partial charge in [-0.25, -0.2) is 0 Å². The second-order valence-corrected chi connectivity index (χ2v) is 5.51. The van der Waals surface area contributed by atoms with Crippen LogP contribution in [0.4, 0.5) is 0 Å². The van der Waals surface area contributed by atoms with E-state index in [4.69, 9.17) is 0 Å². The summed E-state index contributed by atoms with van der Waals surface area (Å²) >= 11 is 0. The van der Waals surface area contributed by atoms with E-state index in [0.717, 1.165) is 32.6 Å². The molecule has 0 aromatic heterocycles. The van der Waals surface area contributed by atoms with Crippen molar-refractivity contribution in [2.24, 2.45) is 0 Å². The first-order valence-corrected chi connectivity index (χ1v) is 7.35. The average Bonchev–Trinajstić information content (AvgIpc) is 2.44. The lowest BCUT2D eigenvalue weighted by atomic mass is 9.96. The Balaban J connectivity index is 2.19. The van der Waals surface area contributed by atoms with Crippen LogP contribution in [0.1, 0.15) is 35.6 Å². The second-order valence-electron chi connectivity index (χ2n) is 5.51. The van der Waals surface area contributed by atoms with Crippen molar-refractivity contribution in [3.63, 3.8) is 0 Å². The number of hydrogen-bond acceptors (Lipinski definition) is 2. The van der Waals surface area contributed by atoms with Crippen molar-refractivity contribution >= 4 is 0 Å². The Morgan fingerprint density at radius 1 is 1.26 bits per heavy atom. The van der Waals surface area contributed by atoms with Gasteiger partial charge in [0.2, 0.25) is 0 Å². The maximum Gasteiger partial charge on any atom is 0.0352 e. The van der Waals surface area contributed by atoms with E-state index in [1.54, 1.807) is 0 Å². The van der Waals surface area contributed by atoms with E-state index in [1.807, 2.05) is 6.08 Å². The molecule has 1 saturated heterocycles. The zero-order valence-electron chi connectivity index (χ0n) is 12.3. The molecule has 2 heteroatoms. The predicted molar refractivity (Wildman–Crippen MR) is 82.5 cm³/mol. The van der Waals surface area contributed by atoms with Crippen molar-refractivity contribution in [3.8, 4) is 0 Å².